The van der Waals surface area contributed by atoms with Gasteiger partial charge in [0.05, 0.1) is 11.9 Å². The van der Waals surface area contributed by atoms with Crippen molar-refractivity contribution in [2.24, 2.45) is 5.41 Å². The maximum atomic E-state index is 13.2. The average Bonchev–Trinajstić information content (AvgIpc) is 3.18. The molecule has 0 aromatic carbocycles. The number of carbonyl (C=O) groups excluding carboxylic acids is 1. The zero-order valence-electron chi connectivity index (χ0n) is 14.7. The van der Waals surface area contributed by atoms with E-state index in [0.29, 0.717) is 23.5 Å². The molecule has 6 nitrogen and oxygen atoms in total. The van der Waals surface area contributed by atoms with Gasteiger partial charge >= 0.3 is 0 Å². The van der Waals surface area contributed by atoms with Crippen LogP contribution in [0.1, 0.15) is 33.1 Å². The Morgan fingerprint density at radius 1 is 1.32 bits per heavy atom. The molecular formula is C18H24FN5O. The second-order valence-electron chi connectivity index (χ2n) is 7.43. The Morgan fingerprint density at radius 3 is 2.80 bits per heavy atom. The highest BCUT2D eigenvalue weighted by Crippen LogP contribution is 2.25. The predicted molar refractivity (Wildman–Crippen MR) is 94.5 cm³/mol. The van der Waals surface area contributed by atoms with E-state index in [0.717, 1.165) is 25.8 Å². The molecule has 0 spiro atoms. The van der Waals surface area contributed by atoms with Crippen molar-refractivity contribution < 1.29 is 9.18 Å². The SMILES string of the molecule is CC(C)(CC(=O)Nc1cc(-c2cncc(F)c2)n[nH]1)CN1CCCC1. The molecule has 0 aliphatic carbocycles. The van der Waals surface area contributed by atoms with Gasteiger partial charge in [-0.1, -0.05) is 13.8 Å². The average molecular weight is 345 g/mol. The fraction of sp³-hybridized carbons (Fsp3) is 0.500. The van der Waals surface area contributed by atoms with Crippen LogP contribution in [0.4, 0.5) is 10.2 Å². The fourth-order valence-corrected chi connectivity index (χ4v) is 3.32. The van der Waals surface area contributed by atoms with Crippen LogP contribution in [0.3, 0.4) is 0 Å². The Morgan fingerprint density at radius 2 is 2.08 bits per heavy atom. The van der Waals surface area contributed by atoms with Gasteiger partial charge in [0.1, 0.15) is 11.6 Å². The summed E-state index contributed by atoms with van der Waals surface area (Å²) in [6, 6.07) is 3.04. The second kappa shape index (κ2) is 7.31. The second-order valence-corrected chi connectivity index (χ2v) is 7.43. The smallest absolute Gasteiger partial charge is 0.226 e. The number of nitrogens with one attached hydrogen (secondary N) is 2. The van der Waals surface area contributed by atoms with E-state index in [9.17, 15) is 9.18 Å². The van der Waals surface area contributed by atoms with E-state index in [4.69, 9.17) is 0 Å². The van der Waals surface area contributed by atoms with Crippen LogP contribution in [0.5, 0.6) is 0 Å². The molecule has 25 heavy (non-hydrogen) atoms. The maximum absolute atomic E-state index is 13.2. The minimum absolute atomic E-state index is 0.0586. The zero-order chi connectivity index (χ0) is 17.9. The molecule has 2 N–H and O–H groups in total. The third-order valence-electron chi connectivity index (χ3n) is 4.34. The number of pyridine rings is 1. The monoisotopic (exact) mass is 345 g/mol. The van der Waals surface area contributed by atoms with E-state index in [2.05, 4.69) is 39.2 Å². The Balaban J connectivity index is 1.57. The summed E-state index contributed by atoms with van der Waals surface area (Å²) in [6.07, 6.45) is 5.59. The lowest BCUT2D eigenvalue weighted by Crippen LogP contribution is -2.35. The number of halogens is 1. The highest BCUT2D eigenvalue weighted by molar-refractivity contribution is 5.90. The third-order valence-corrected chi connectivity index (χ3v) is 4.34. The minimum atomic E-state index is -0.422. The number of amides is 1. The molecule has 1 amide bonds. The van der Waals surface area contributed by atoms with Crippen LogP contribution in [0.2, 0.25) is 0 Å². The number of rotatable bonds is 6. The van der Waals surface area contributed by atoms with Crippen LogP contribution in [0, 0.1) is 11.2 Å². The number of nitrogens with zero attached hydrogens (tertiary/aromatic N) is 3. The maximum Gasteiger partial charge on any atom is 0.226 e. The molecule has 1 fully saturated rings. The molecule has 1 aliphatic heterocycles. The van der Waals surface area contributed by atoms with E-state index < -0.39 is 5.82 Å². The summed E-state index contributed by atoms with van der Waals surface area (Å²) >= 11 is 0. The standard InChI is InChI=1S/C18H24FN5O/c1-18(2,12-24-5-3-4-6-24)9-17(25)21-16-8-15(22-23-16)13-7-14(19)11-20-10-13/h7-8,10-11H,3-6,9,12H2,1-2H3,(H2,21,22,23,25). The summed E-state index contributed by atoms with van der Waals surface area (Å²) in [5.41, 5.74) is 1.01. The lowest BCUT2D eigenvalue weighted by Gasteiger charge is -2.29. The molecular weight excluding hydrogens is 321 g/mol. The van der Waals surface area contributed by atoms with Gasteiger partial charge < -0.3 is 10.2 Å². The van der Waals surface area contributed by atoms with Crippen LogP contribution >= 0.6 is 0 Å². The molecule has 3 rings (SSSR count). The first-order chi connectivity index (χ1) is 11.9. The van der Waals surface area contributed by atoms with Gasteiger partial charge in [0.15, 0.2) is 0 Å². The number of aromatic amines is 1. The van der Waals surface area contributed by atoms with Gasteiger partial charge in [0.2, 0.25) is 5.91 Å². The Bertz CT molecular complexity index is 737. The first-order valence-electron chi connectivity index (χ1n) is 8.60. The molecule has 7 heteroatoms. The summed E-state index contributed by atoms with van der Waals surface area (Å²) in [6.45, 7) is 7.39. The molecule has 1 aliphatic rings. The van der Waals surface area contributed by atoms with Crippen molar-refractivity contribution in [1.82, 2.24) is 20.1 Å². The Kier molecular flexibility index (Phi) is 5.13. The highest BCUT2D eigenvalue weighted by atomic mass is 19.1. The van der Waals surface area contributed by atoms with Gasteiger partial charge in [-0.05, 0) is 37.4 Å². The van der Waals surface area contributed by atoms with E-state index in [1.807, 2.05) is 0 Å². The van der Waals surface area contributed by atoms with Gasteiger partial charge in [0.25, 0.3) is 0 Å². The van der Waals surface area contributed by atoms with Crippen molar-refractivity contribution in [3.8, 4) is 11.3 Å². The molecule has 0 atom stereocenters. The fourth-order valence-electron chi connectivity index (χ4n) is 3.32. The quantitative estimate of drug-likeness (QED) is 0.844. The van der Waals surface area contributed by atoms with E-state index in [1.165, 1.54) is 25.1 Å². The van der Waals surface area contributed by atoms with Gasteiger partial charge in [0, 0.05) is 30.8 Å². The van der Waals surface area contributed by atoms with Crippen molar-refractivity contribution in [2.45, 2.75) is 33.1 Å². The Hall–Kier alpha value is -2.28. The Labute approximate surface area is 146 Å². The number of hydrogen-bond donors (Lipinski definition) is 2. The molecule has 0 unspecified atom stereocenters. The summed E-state index contributed by atoms with van der Waals surface area (Å²) < 4.78 is 13.2. The summed E-state index contributed by atoms with van der Waals surface area (Å²) in [5.74, 6) is 0.0211. The molecule has 1 saturated heterocycles. The molecule has 2 aromatic heterocycles. The third kappa shape index (κ3) is 4.85. The largest absolute Gasteiger partial charge is 0.311 e. The van der Waals surface area contributed by atoms with Crippen molar-refractivity contribution in [3.05, 3.63) is 30.3 Å². The zero-order valence-corrected chi connectivity index (χ0v) is 14.7. The number of anilines is 1. The molecule has 0 bridgehead atoms. The van der Waals surface area contributed by atoms with Crippen molar-refractivity contribution >= 4 is 11.7 Å². The summed E-state index contributed by atoms with van der Waals surface area (Å²) in [7, 11) is 0. The molecule has 0 saturated carbocycles. The predicted octanol–water partition coefficient (Wildman–Crippen LogP) is 3.06. The van der Waals surface area contributed by atoms with Crippen LogP contribution in [-0.2, 0) is 4.79 Å². The molecule has 3 heterocycles. The highest BCUT2D eigenvalue weighted by Gasteiger charge is 2.26. The van der Waals surface area contributed by atoms with Gasteiger partial charge in [-0.2, -0.15) is 5.10 Å². The normalized spacial score (nSPS) is 15.5. The first kappa shape index (κ1) is 17.5. The van der Waals surface area contributed by atoms with Crippen LogP contribution < -0.4 is 5.32 Å². The van der Waals surface area contributed by atoms with Crippen LogP contribution in [0.15, 0.2) is 24.5 Å². The van der Waals surface area contributed by atoms with Gasteiger partial charge in [-0.25, -0.2) is 4.39 Å². The topological polar surface area (TPSA) is 73.9 Å². The number of hydrogen-bond acceptors (Lipinski definition) is 4. The van der Waals surface area contributed by atoms with Gasteiger partial charge in [-0.15, -0.1) is 0 Å². The summed E-state index contributed by atoms with van der Waals surface area (Å²) in [5, 5.41) is 9.71. The van der Waals surface area contributed by atoms with E-state index in [-0.39, 0.29) is 11.3 Å². The summed E-state index contributed by atoms with van der Waals surface area (Å²) in [4.78, 5) is 18.6. The number of aromatic nitrogens is 3. The van der Waals surface area contributed by atoms with Crippen molar-refractivity contribution in [2.75, 3.05) is 25.0 Å². The lowest BCUT2D eigenvalue weighted by atomic mass is 9.88. The lowest BCUT2D eigenvalue weighted by molar-refractivity contribution is -0.118. The van der Waals surface area contributed by atoms with E-state index in [1.54, 1.807) is 6.07 Å². The van der Waals surface area contributed by atoms with E-state index >= 15 is 0 Å². The minimum Gasteiger partial charge on any atom is -0.311 e. The number of carbonyl (C=O) groups is 1. The molecule has 2 aromatic rings. The number of H-pyrrole nitrogens is 1. The number of likely N-dealkylation sites (tertiary alicyclic amines) is 1. The van der Waals surface area contributed by atoms with Gasteiger partial charge in [-0.3, -0.25) is 14.9 Å². The molecule has 134 valence electrons. The first-order valence-corrected chi connectivity index (χ1v) is 8.60. The van der Waals surface area contributed by atoms with Crippen molar-refractivity contribution in [3.63, 3.8) is 0 Å². The molecule has 0 radical (unpaired) electrons. The van der Waals surface area contributed by atoms with Crippen LogP contribution in [-0.4, -0.2) is 45.6 Å². The van der Waals surface area contributed by atoms with Crippen LogP contribution in [0.25, 0.3) is 11.3 Å². The van der Waals surface area contributed by atoms with Crippen molar-refractivity contribution in [1.29, 1.82) is 0 Å².